The van der Waals surface area contributed by atoms with Crippen LogP contribution in [0.4, 0.5) is 16.4 Å². The number of amides is 4. The first-order valence-electron chi connectivity index (χ1n) is 25.2. The first-order valence-corrected chi connectivity index (χ1v) is 25.2. The highest BCUT2D eigenvalue weighted by Gasteiger charge is 2.76. The number of fused-ring (bicyclic) bond motifs is 3. The molecule has 1 spiro atoms. The van der Waals surface area contributed by atoms with Gasteiger partial charge in [0, 0.05) is 49.7 Å². The quantitative estimate of drug-likeness (QED) is 0.104. The number of morpholine rings is 1. The summed E-state index contributed by atoms with van der Waals surface area (Å²) in [7, 11) is 2.80. The average Bonchev–Trinajstić information content (AvgIpc) is 3.93. The van der Waals surface area contributed by atoms with E-state index in [9.17, 15) is 9.90 Å². The van der Waals surface area contributed by atoms with E-state index < -0.39 is 77.3 Å². The largest absolute Gasteiger partial charge is 0.497 e. The van der Waals surface area contributed by atoms with E-state index in [2.05, 4.69) is 27.1 Å². The summed E-state index contributed by atoms with van der Waals surface area (Å²) in [5.74, 6) is 3.27. The van der Waals surface area contributed by atoms with Gasteiger partial charge in [-0.2, -0.15) is 0 Å². The number of aromatic nitrogens is 2. The maximum Gasteiger partial charge on any atom is 0.329 e. The molecule has 17 heteroatoms. The number of imide groups is 1. The number of carbonyl (C=O) groups excluding carboxylic acids is 5. The Balaban J connectivity index is 1.25. The molecular formula is C59H57N7O10. The van der Waals surface area contributed by atoms with Crippen molar-refractivity contribution in [2.45, 2.75) is 49.5 Å². The lowest BCUT2D eigenvalue weighted by Gasteiger charge is -2.46. The van der Waals surface area contributed by atoms with Crippen LogP contribution in [0.5, 0.6) is 11.5 Å². The Morgan fingerprint density at radius 2 is 1.39 bits per heavy atom. The third-order valence-electron chi connectivity index (χ3n) is 14.8. The molecule has 388 valence electrons. The van der Waals surface area contributed by atoms with Gasteiger partial charge in [0.1, 0.15) is 41.7 Å². The molecule has 4 aliphatic rings. The summed E-state index contributed by atoms with van der Waals surface area (Å²) < 4.78 is 23.1. The summed E-state index contributed by atoms with van der Waals surface area (Å²) in [6.45, 7) is 4.29. The fourth-order valence-electron chi connectivity index (χ4n) is 11.3. The minimum Gasteiger partial charge on any atom is -0.497 e. The molecule has 76 heavy (non-hydrogen) atoms. The number of nitrogens with one attached hydrogen (secondary N) is 1. The van der Waals surface area contributed by atoms with Crippen LogP contribution in [0.1, 0.15) is 65.4 Å². The number of aliphatic hydroxyl groups is 1. The van der Waals surface area contributed by atoms with Crippen LogP contribution < -0.4 is 24.6 Å². The van der Waals surface area contributed by atoms with Gasteiger partial charge in [-0.05, 0) is 88.8 Å². The lowest BCUT2D eigenvalue weighted by atomic mass is 9.64. The van der Waals surface area contributed by atoms with E-state index in [0.29, 0.717) is 52.8 Å². The maximum atomic E-state index is 16.9. The van der Waals surface area contributed by atoms with Crippen molar-refractivity contribution in [3.63, 3.8) is 0 Å². The molecule has 0 radical (unpaired) electrons. The molecule has 10 rings (SSSR count). The third-order valence-corrected chi connectivity index (χ3v) is 14.8. The number of nitrogens with zero attached hydrogens (tertiary/aromatic N) is 6. The van der Waals surface area contributed by atoms with Gasteiger partial charge in [0.25, 0.3) is 0 Å². The summed E-state index contributed by atoms with van der Waals surface area (Å²) in [6.07, 6.45) is 2.35. The van der Waals surface area contributed by atoms with Gasteiger partial charge in [-0.15, -0.1) is 0 Å². The summed E-state index contributed by atoms with van der Waals surface area (Å²) >= 11 is 0. The predicted molar refractivity (Wildman–Crippen MR) is 280 cm³/mol. The zero-order chi connectivity index (χ0) is 53.1. The van der Waals surface area contributed by atoms with Crippen LogP contribution in [0.2, 0.25) is 0 Å². The Morgan fingerprint density at radius 3 is 2.03 bits per heavy atom. The van der Waals surface area contributed by atoms with Gasteiger partial charge < -0.3 is 39.2 Å². The molecule has 3 fully saturated rings. The monoisotopic (exact) mass is 1020 g/mol. The number of ether oxygens (including phenoxy) is 4. The van der Waals surface area contributed by atoms with Crippen molar-refractivity contribution >= 4 is 41.4 Å². The van der Waals surface area contributed by atoms with E-state index in [1.165, 1.54) is 7.11 Å². The summed E-state index contributed by atoms with van der Waals surface area (Å²) in [5, 5.41) is 12.5. The van der Waals surface area contributed by atoms with Crippen LogP contribution >= 0.6 is 0 Å². The van der Waals surface area contributed by atoms with E-state index in [1.54, 1.807) is 98.9 Å². The van der Waals surface area contributed by atoms with Gasteiger partial charge >= 0.3 is 18.0 Å². The van der Waals surface area contributed by atoms with Crippen molar-refractivity contribution in [2.75, 3.05) is 63.4 Å². The maximum absolute atomic E-state index is 16.9. The highest BCUT2D eigenvalue weighted by atomic mass is 16.6. The van der Waals surface area contributed by atoms with Crippen molar-refractivity contribution < 1.29 is 48.0 Å². The van der Waals surface area contributed by atoms with Crippen LogP contribution in [-0.4, -0.2) is 120 Å². The first-order chi connectivity index (χ1) is 37.0. The smallest absolute Gasteiger partial charge is 0.329 e. The SMILES string of the molecule is COC(=O)[C@@H](NC(=O)N1C(=O)[C@@]2(c3cc(C#Cc4ccc(OC)cc4)ccc31)[C@H](c1ccc(OCCO)cc1)N1[C@H](c3ccccc3)[C@H](c3ccccc3)OC(=O)[C@H]1[C@@H]2C(=O)N1CCN(c2ncccn2)CC1)C(C)C. The minimum absolute atomic E-state index is 0.0149. The predicted octanol–water partition coefficient (Wildman–Crippen LogP) is 6.18. The van der Waals surface area contributed by atoms with Gasteiger partial charge in [-0.25, -0.2) is 24.5 Å². The van der Waals surface area contributed by atoms with E-state index >= 15 is 19.2 Å². The molecule has 0 unspecified atom stereocenters. The molecule has 5 aromatic carbocycles. The summed E-state index contributed by atoms with van der Waals surface area (Å²) in [5.41, 5.74) is 1.33. The second kappa shape index (κ2) is 21.7. The van der Waals surface area contributed by atoms with Crippen LogP contribution in [-0.2, 0) is 34.1 Å². The van der Waals surface area contributed by atoms with Gasteiger partial charge in [-0.1, -0.05) is 98.5 Å². The number of carbonyl (C=O) groups is 5. The van der Waals surface area contributed by atoms with Crippen molar-refractivity contribution in [1.82, 2.24) is 25.1 Å². The number of rotatable bonds is 12. The number of benzene rings is 5. The Labute approximate surface area is 440 Å². The Kier molecular flexibility index (Phi) is 14.5. The molecule has 6 aromatic rings. The van der Waals surface area contributed by atoms with Crippen LogP contribution in [0.25, 0.3) is 0 Å². The number of methoxy groups -OCH3 is 2. The molecule has 5 heterocycles. The van der Waals surface area contributed by atoms with Crippen molar-refractivity contribution in [3.8, 4) is 23.3 Å². The minimum atomic E-state index is -2.10. The number of hydrogen-bond acceptors (Lipinski definition) is 14. The molecule has 3 saturated heterocycles. The number of aliphatic hydroxyl groups excluding tert-OH is 1. The number of hydrogen-bond donors (Lipinski definition) is 2. The lowest BCUT2D eigenvalue weighted by Crippen LogP contribution is -2.60. The van der Waals surface area contributed by atoms with E-state index in [-0.39, 0.29) is 37.6 Å². The summed E-state index contributed by atoms with van der Waals surface area (Å²) in [6, 6.07) is 34.3. The number of piperazine rings is 1. The highest BCUT2D eigenvalue weighted by molar-refractivity contribution is 6.25. The first kappa shape index (κ1) is 50.9. The van der Waals surface area contributed by atoms with Gasteiger partial charge in [0.05, 0.1) is 44.5 Å². The molecule has 7 atom stereocenters. The Bertz CT molecular complexity index is 3160. The average molecular weight is 1020 g/mol. The fourth-order valence-corrected chi connectivity index (χ4v) is 11.3. The zero-order valence-corrected chi connectivity index (χ0v) is 42.4. The second-order valence-electron chi connectivity index (χ2n) is 19.3. The molecule has 4 amide bonds. The molecule has 4 aliphatic heterocycles. The standard InChI is InChI=1S/C59H57N7O10/c1-37(2)48(54(69)74-4)62-58(72)65-46-27-20-39(17-16-38-18-23-43(73-3)24-19-38)36-45(46)59(56(65)71)47(53(68)63-30-32-64(33-31-63)57-60-28-11-29-61-57)50-55(70)76-51(41-14-9-6-10-15-41)49(40-12-7-5-8-13-40)66(50)52(59)42-21-25-44(26-22-42)75-35-34-67/h5-15,18-29,36-37,47-52,67H,30-35H2,1-4H3,(H,62,72)/t47-,48+,49-,50-,51+,52+,59-/m1/s1. The van der Waals surface area contributed by atoms with Crippen molar-refractivity contribution in [1.29, 1.82) is 0 Å². The normalized spacial score (nSPS) is 22.2. The van der Waals surface area contributed by atoms with Crippen LogP contribution in [0, 0.1) is 23.7 Å². The number of esters is 2. The molecule has 17 nitrogen and oxygen atoms in total. The third kappa shape index (κ3) is 9.24. The Morgan fingerprint density at radius 1 is 0.763 bits per heavy atom. The Hall–Kier alpha value is -8.59. The zero-order valence-electron chi connectivity index (χ0n) is 42.4. The van der Waals surface area contributed by atoms with Crippen molar-refractivity contribution in [2.24, 2.45) is 11.8 Å². The van der Waals surface area contributed by atoms with Crippen LogP contribution in [0.15, 0.2) is 146 Å². The van der Waals surface area contributed by atoms with Crippen LogP contribution in [0.3, 0.4) is 0 Å². The van der Waals surface area contributed by atoms with Gasteiger partial charge in [0.2, 0.25) is 17.8 Å². The van der Waals surface area contributed by atoms with Gasteiger partial charge in [-0.3, -0.25) is 19.3 Å². The molecule has 0 aliphatic carbocycles. The lowest BCUT2D eigenvalue weighted by molar-refractivity contribution is -0.179. The summed E-state index contributed by atoms with van der Waals surface area (Å²) in [4.78, 5) is 93.2. The molecule has 1 aromatic heterocycles. The topological polar surface area (TPSA) is 193 Å². The molecule has 2 N–H and O–H groups in total. The van der Waals surface area contributed by atoms with Gasteiger partial charge in [0.15, 0.2) is 0 Å². The van der Waals surface area contributed by atoms with Crippen molar-refractivity contribution in [3.05, 3.63) is 179 Å². The van der Waals surface area contributed by atoms with E-state index in [1.807, 2.05) is 82.6 Å². The fraction of sp³-hybridized carbons (Fsp3) is 0.305. The van der Waals surface area contributed by atoms with E-state index in [0.717, 1.165) is 10.5 Å². The highest BCUT2D eigenvalue weighted by Crippen LogP contribution is 2.66. The molecular weight excluding hydrogens is 967 g/mol. The van der Waals surface area contributed by atoms with E-state index in [4.69, 9.17) is 18.9 Å². The number of anilines is 2. The molecule has 0 bridgehead atoms. The number of cyclic esters (lactones) is 1. The second-order valence-corrected chi connectivity index (χ2v) is 19.3. The molecule has 0 saturated carbocycles. The number of urea groups is 1.